The van der Waals surface area contributed by atoms with Crippen molar-refractivity contribution in [3.05, 3.63) is 29.8 Å². The molecular weight excluding hydrogens is 442 g/mol. The lowest BCUT2D eigenvalue weighted by Gasteiger charge is -2.22. The van der Waals surface area contributed by atoms with Crippen LogP contribution in [-0.2, 0) is 25.6 Å². The number of carbonyl (C=O) groups is 4. The fourth-order valence-electron chi connectivity index (χ4n) is 3.22. The second-order valence-electron chi connectivity index (χ2n) is 8.31. The highest BCUT2D eigenvalue weighted by Gasteiger charge is 2.27. The molecule has 0 aliphatic rings. The predicted octanol–water partition coefficient (Wildman–Crippen LogP) is -0.392. The van der Waals surface area contributed by atoms with Crippen LogP contribution < -0.4 is 27.4 Å². The number of carboxylic acid groups (broad SMARTS) is 1. The lowest BCUT2D eigenvalue weighted by Crippen LogP contribution is -2.54. The topological polar surface area (TPSA) is 197 Å². The summed E-state index contributed by atoms with van der Waals surface area (Å²) in [5.41, 5.74) is 12.3. The zero-order chi connectivity index (χ0) is 25.7. The van der Waals surface area contributed by atoms with Gasteiger partial charge in [0.05, 0.1) is 12.6 Å². The summed E-state index contributed by atoms with van der Waals surface area (Å²) < 4.78 is 0. The Morgan fingerprint density at radius 2 is 1.68 bits per heavy atom. The van der Waals surface area contributed by atoms with Gasteiger partial charge in [-0.05, 0) is 55.8 Å². The summed E-state index contributed by atoms with van der Waals surface area (Å²) in [4.78, 5) is 48.8. The molecule has 190 valence electrons. The van der Waals surface area contributed by atoms with Gasteiger partial charge in [0.25, 0.3) is 0 Å². The normalized spacial score (nSPS) is 14.4. The number of carboxylic acids is 1. The number of carbonyl (C=O) groups excluding carboxylic acids is 3. The van der Waals surface area contributed by atoms with Crippen molar-refractivity contribution >= 4 is 23.7 Å². The summed E-state index contributed by atoms with van der Waals surface area (Å²) in [6.45, 7) is 3.52. The molecule has 0 spiro atoms. The lowest BCUT2D eigenvalue weighted by molar-refractivity contribution is -0.143. The first-order chi connectivity index (χ1) is 16.1. The third kappa shape index (κ3) is 10.2. The minimum absolute atomic E-state index is 0.0984. The van der Waals surface area contributed by atoms with E-state index in [4.69, 9.17) is 11.5 Å². The molecule has 0 saturated carbocycles. The number of benzene rings is 1. The maximum atomic E-state index is 12.7. The summed E-state index contributed by atoms with van der Waals surface area (Å²) in [5, 5.41) is 26.1. The minimum atomic E-state index is -1.15. The molecule has 0 bridgehead atoms. The van der Waals surface area contributed by atoms with Gasteiger partial charge in [-0.2, -0.15) is 0 Å². The fourth-order valence-corrected chi connectivity index (χ4v) is 3.22. The first kappa shape index (κ1) is 28.9. The maximum Gasteiger partial charge on any atom is 0.326 e. The van der Waals surface area contributed by atoms with Gasteiger partial charge in [0.2, 0.25) is 17.7 Å². The van der Waals surface area contributed by atoms with Gasteiger partial charge in [-0.1, -0.05) is 32.4 Å². The molecule has 1 rings (SSSR count). The van der Waals surface area contributed by atoms with Crippen LogP contribution in [0.15, 0.2) is 24.3 Å². The Bertz CT molecular complexity index is 817. The standard InChI is InChI=1S/C23H37N5O6/c1-3-14(2)20(23(33)34)28-19(30)13-26-22(32)18(6-4-5-11-24)27-21(31)17(25)12-15-7-9-16(29)10-8-15/h7-10,14,17-18,20,29H,3-6,11-13,24-25H2,1-2H3,(H,26,32)(H,27,31)(H,28,30)(H,33,34). The Morgan fingerprint density at radius 3 is 2.24 bits per heavy atom. The van der Waals surface area contributed by atoms with Gasteiger partial charge in [-0.3, -0.25) is 14.4 Å². The van der Waals surface area contributed by atoms with Gasteiger partial charge >= 0.3 is 5.97 Å². The SMILES string of the molecule is CCC(C)C(NC(=O)CNC(=O)C(CCCCN)NC(=O)C(N)Cc1ccc(O)cc1)C(=O)O. The quantitative estimate of drug-likeness (QED) is 0.165. The molecule has 0 saturated heterocycles. The molecule has 9 N–H and O–H groups in total. The fraction of sp³-hybridized carbons (Fsp3) is 0.565. The highest BCUT2D eigenvalue weighted by Crippen LogP contribution is 2.11. The highest BCUT2D eigenvalue weighted by molar-refractivity contribution is 5.92. The van der Waals surface area contributed by atoms with Crippen LogP contribution in [0.3, 0.4) is 0 Å². The van der Waals surface area contributed by atoms with Crippen molar-refractivity contribution in [3.63, 3.8) is 0 Å². The zero-order valence-corrected chi connectivity index (χ0v) is 19.8. The molecule has 0 radical (unpaired) electrons. The molecular formula is C23H37N5O6. The van der Waals surface area contributed by atoms with E-state index in [2.05, 4.69) is 16.0 Å². The summed E-state index contributed by atoms with van der Waals surface area (Å²) in [6, 6.07) is 3.36. The third-order valence-corrected chi connectivity index (χ3v) is 5.53. The molecule has 4 atom stereocenters. The molecule has 11 heteroatoms. The molecule has 0 aliphatic carbocycles. The maximum absolute atomic E-state index is 12.7. The Hall–Kier alpha value is -3.18. The largest absolute Gasteiger partial charge is 0.508 e. The van der Waals surface area contributed by atoms with Gasteiger partial charge in [0.15, 0.2) is 0 Å². The highest BCUT2D eigenvalue weighted by atomic mass is 16.4. The molecule has 0 heterocycles. The number of hydrogen-bond donors (Lipinski definition) is 7. The average Bonchev–Trinajstić information content (AvgIpc) is 2.81. The van der Waals surface area contributed by atoms with E-state index in [0.717, 1.165) is 5.56 Å². The van der Waals surface area contributed by atoms with Crippen LogP contribution in [0, 0.1) is 5.92 Å². The van der Waals surface area contributed by atoms with Crippen LogP contribution in [0.4, 0.5) is 0 Å². The van der Waals surface area contributed by atoms with Crippen molar-refractivity contribution in [1.82, 2.24) is 16.0 Å². The van der Waals surface area contributed by atoms with E-state index in [1.54, 1.807) is 19.1 Å². The van der Waals surface area contributed by atoms with Crippen LogP contribution in [0.1, 0.15) is 45.1 Å². The van der Waals surface area contributed by atoms with Crippen LogP contribution in [0.5, 0.6) is 5.75 Å². The Morgan fingerprint density at radius 1 is 1.03 bits per heavy atom. The van der Waals surface area contributed by atoms with Gasteiger partial charge in [-0.25, -0.2) is 4.79 Å². The third-order valence-electron chi connectivity index (χ3n) is 5.53. The van der Waals surface area contributed by atoms with Crippen molar-refractivity contribution in [3.8, 4) is 5.75 Å². The summed E-state index contributed by atoms with van der Waals surface area (Å²) in [6.07, 6.45) is 2.28. The zero-order valence-electron chi connectivity index (χ0n) is 19.8. The van der Waals surface area contributed by atoms with E-state index in [0.29, 0.717) is 32.2 Å². The number of hydrogen-bond acceptors (Lipinski definition) is 7. The van der Waals surface area contributed by atoms with Crippen LogP contribution in [-0.4, -0.2) is 65.1 Å². The molecule has 1 aromatic rings. The van der Waals surface area contributed by atoms with E-state index >= 15 is 0 Å². The van der Waals surface area contributed by atoms with Crippen molar-refractivity contribution in [2.24, 2.45) is 17.4 Å². The number of nitrogens with two attached hydrogens (primary N) is 2. The smallest absolute Gasteiger partial charge is 0.326 e. The molecule has 0 aliphatic heterocycles. The van der Waals surface area contributed by atoms with E-state index in [-0.39, 0.29) is 18.1 Å². The first-order valence-electron chi connectivity index (χ1n) is 11.4. The molecule has 11 nitrogen and oxygen atoms in total. The van der Waals surface area contributed by atoms with E-state index in [1.807, 2.05) is 6.92 Å². The molecule has 4 unspecified atom stereocenters. The van der Waals surface area contributed by atoms with Gasteiger partial charge in [-0.15, -0.1) is 0 Å². The number of aromatic hydroxyl groups is 1. The van der Waals surface area contributed by atoms with E-state index in [9.17, 15) is 29.4 Å². The van der Waals surface area contributed by atoms with Crippen molar-refractivity contribution in [1.29, 1.82) is 0 Å². The van der Waals surface area contributed by atoms with E-state index in [1.165, 1.54) is 12.1 Å². The number of nitrogens with one attached hydrogen (secondary N) is 3. The Kier molecular flexibility index (Phi) is 12.6. The summed E-state index contributed by atoms with van der Waals surface area (Å²) >= 11 is 0. The number of unbranched alkanes of at least 4 members (excludes halogenated alkanes) is 1. The van der Waals surface area contributed by atoms with Gasteiger partial charge in [0, 0.05) is 0 Å². The molecule has 1 aromatic carbocycles. The minimum Gasteiger partial charge on any atom is -0.508 e. The Labute approximate surface area is 199 Å². The number of phenolic OH excluding ortho intramolecular Hbond substituents is 1. The van der Waals surface area contributed by atoms with E-state index < -0.39 is 48.4 Å². The second-order valence-corrected chi connectivity index (χ2v) is 8.31. The molecule has 34 heavy (non-hydrogen) atoms. The first-order valence-corrected chi connectivity index (χ1v) is 11.4. The monoisotopic (exact) mass is 479 g/mol. The van der Waals surface area contributed by atoms with Gasteiger partial charge < -0.3 is 37.6 Å². The summed E-state index contributed by atoms with van der Waals surface area (Å²) in [5.74, 6) is -3.08. The number of phenols is 1. The Balaban J connectivity index is 2.70. The summed E-state index contributed by atoms with van der Waals surface area (Å²) in [7, 11) is 0. The van der Waals surface area contributed by atoms with Gasteiger partial charge in [0.1, 0.15) is 17.8 Å². The van der Waals surface area contributed by atoms with Crippen LogP contribution in [0.2, 0.25) is 0 Å². The van der Waals surface area contributed by atoms with Crippen molar-refractivity contribution < 1.29 is 29.4 Å². The lowest BCUT2D eigenvalue weighted by atomic mass is 9.99. The number of amides is 3. The molecule has 3 amide bonds. The molecule has 0 aromatic heterocycles. The number of rotatable bonds is 15. The van der Waals surface area contributed by atoms with Crippen LogP contribution in [0.25, 0.3) is 0 Å². The predicted molar refractivity (Wildman–Crippen MR) is 127 cm³/mol. The van der Waals surface area contributed by atoms with Crippen molar-refractivity contribution in [2.45, 2.75) is 64.1 Å². The average molecular weight is 480 g/mol. The van der Waals surface area contributed by atoms with Crippen molar-refractivity contribution in [2.75, 3.05) is 13.1 Å². The van der Waals surface area contributed by atoms with Crippen LogP contribution >= 0.6 is 0 Å². The number of aliphatic carboxylic acids is 1. The second kappa shape index (κ2) is 14.9. The molecule has 0 fully saturated rings.